The molecule has 2 atom stereocenters. The number of para-hydroxylation sites is 3. The third kappa shape index (κ3) is 5.53. The van der Waals surface area contributed by atoms with Crippen LogP contribution in [0.5, 0.6) is 0 Å². The number of benzene rings is 8. The molecule has 2 unspecified atom stereocenters. The Bertz CT molecular complexity index is 3490. The molecule has 0 amide bonds. The van der Waals surface area contributed by atoms with Gasteiger partial charge in [-0.05, 0) is 112 Å². The van der Waals surface area contributed by atoms with Gasteiger partial charge < -0.3 is 14.4 Å². The molecule has 9 aromatic rings. The molecule has 3 aliphatic heterocycles. The Kier molecular flexibility index (Phi) is 8.54. The minimum absolute atomic E-state index is 0.0189. The van der Waals surface area contributed by atoms with Gasteiger partial charge in [0.2, 0.25) is 0 Å². The lowest BCUT2D eigenvalue weighted by molar-refractivity contribution is 0.195. The van der Waals surface area contributed by atoms with Gasteiger partial charge in [0.15, 0.2) is 0 Å². The fraction of sp³-hybridized carbons (Fsp3) is 0.238. The molecule has 0 bridgehead atoms. The molecule has 1 fully saturated rings. The Morgan fingerprint density at radius 3 is 2.00 bits per heavy atom. The first-order chi connectivity index (χ1) is 32.4. The lowest BCUT2D eigenvalue weighted by Crippen LogP contribution is -2.60. The van der Waals surface area contributed by atoms with Crippen LogP contribution in [-0.4, -0.2) is 16.8 Å². The summed E-state index contributed by atoms with van der Waals surface area (Å²) in [5.41, 5.74) is 21.8. The highest BCUT2D eigenvalue weighted by Crippen LogP contribution is 2.61. The van der Waals surface area contributed by atoms with Gasteiger partial charge >= 0.3 is 0 Å². The van der Waals surface area contributed by atoms with Crippen molar-refractivity contribution in [3.63, 3.8) is 0 Å². The summed E-state index contributed by atoms with van der Waals surface area (Å²) in [6.45, 7) is 16.9. The lowest BCUT2D eigenvalue weighted by atomic mass is 9.33. The van der Waals surface area contributed by atoms with Gasteiger partial charge in [0, 0.05) is 61.1 Å². The van der Waals surface area contributed by atoms with Gasteiger partial charge in [0.05, 0.1) is 16.7 Å². The standard InChI is InChI=1S/C63H58BN3/c1-60(2,3)43-32-34-53(48(37-43)41-21-10-8-11-22-41)65-55-38-44(61(4,5)42-23-12-9-13-24-42)31-33-50(55)64-51-28-20-26-47-46-25-14-16-29-52(46)66(59(47)51)57-40-45(39-56(65)58(57)64)67-54-30-17-15-27-49(54)62(6)35-18-19-36-63(62,67)7/h8-17,20-34,37-40H,18-19,35-36H2,1-7H3. The summed E-state index contributed by atoms with van der Waals surface area (Å²) < 4.78 is 2.64. The highest BCUT2D eigenvalue weighted by Gasteiger charge is 2.58. The largest absolute Gasteiger partial charge is 0.334 e. The summed E-state index contributed by atoms with van der Waals surface area (Å²) in [5.74, 6) is 0. The molecular weight excluding hydrogens is 810 g/mol. The van der Waals surface area contributed by atoms with Crippen molar-refractivity contribution < 1.29 is 0 Å². The minimum Gasteiger partial charge on any atom is -0.334 e. The maximum absolute atomic E-state index is 2.79. The van der Waals surface area contributed by atoms with E-state index >= 15 is 0 Å². The van der Waals surface area contributed by atoms with Crippen LogP contribution in [-0.2, 0) is 16.2 Å². The Morgan fingerprint density at radius 1 is 0.507 bits per heavy atom. The molecule has 4 aliphatic rings. The van der Waals surface area contributed by atoms with Gasteiger partial charge in [0.25, 0.3) is 6.71 Å². The van der Waals surface area contributed by atoms with Crippen LogP contribution in [0.1, 0.15) is 96.4 Å². The van der Waals surface area contributed by atoms with E-state index in [-0.39, 0.29) is 28.5 Å². The van der Waals surface area contributed by atoms with Crippen LogP contribution >= 0.6 is 0 Å². The fourth-order valence-corrected chi connectivity index (χ4v) is 13.3. The smallest absolute Gasteiger partial charge is 0.252 e. The Hall–Kier alpha value is -6.78. The molecule has 1 aromatic heterocycles. The number of aromatic nitrogens is 1. The Balaban J connectivity index is 1.19. The van der Waals surface area contributed by atoms with E-state index < -0.39 is 0 Å². The highest BCUT2D eigenvalue weighted by molar-refractivity contribution is 7.00. The first-order valence-electron chi connectivity index (χ1n) is 24.7. The van der Waals surface area contributed by atoms with E-state index in [9.17, 15) is 0 Å². The molecule has 67 heavy (non-hydrogen) atoms. The molecular formula is C63H58BN3. The van der Waals surface area contributed by atoms with Gasteiger partial charge in [-0.25, -0.2) is 0 Å². The van der Waals surface area contributed by atoms with Crippen molar-refractivity contribution in [1.82, 2.24) is 4.57 Å². The van der Waals surface area contributed by atoms with E-state index in [1.165, 1.54) is 125 Å². The van der Waals surface area contributed by atoms with Crippen molar-refractivity contribution in [2.24, 2.45) is 0 Å². The second kappa shape index (κ2) is 14.1. The molecule has 1 aliphatic carbocycles. The Morgan fingerprint density at radius 2 is 1.19 bits per heavy atom. The predicted octanol–water partition coefficient (Wildman–Crippen LogP) is 14.4. The van der Waals surface area contributed by atoms with E-state index in [0.717, 1.165) is 6.42 Å². The highest BCUT2D eigenvalue weighted by atomic mass is 15.3. The van der Waals surface area contributed by atoms with E-state index in [0.29, 0.717) is 0 Å². The van der Waals surface area contributed by atoms with E-state index in [1.807, 2.05) is 0 Å². The second-order valence-corrected chi connectivity index (χ2v) is 22.0. The number of rotatable bonds is 5. The third-order valence-electron chi connectivity index (χ3n) is 17.2. The minimum atomic E-state index is -0.244. The molecule has 0 spiro atoms. The number of nitrogens with zero attached hydrogens (tertiary/aromatic N) is 3. The van der Waals surface area contributed by atoms with Crippen LogP contribution in [0.4, 0.5) is 28.4 Å². The zero-order chi connectivity index (χ0) is 45.6. The summed E-state index contributed by atoms with van der Waals surface area (Å²) in [6.07, 6.45) is 4.82. The van der Waals surface area contributed by atoms with Crippen LogP contribution in [0, 0.1) is 0 Å². The lowest BCUT2D eigenvalue weighted by Gasteiger charge is -2.51. The number of fused-ring (bicyclic) bond motifs is 10. The van der Waals surface area contributed by atoms with Gasteiger partial charge in [-0.2, -0.15) is 0 Å². The number of hydrogen-bond donors (Lipinski definition) is 0. The number of hydrogen-bond acceptors (Lipinski definition) is 2. The zero-order valence-electron chi connectivity index (χ0n) is 40.0. The van der Waals surface area contributed by atoms with Gasteiger partial charge in [-0.3, -0.25) is 0 Å². The first kappa shape index (κ1) is 40.5. The van der Waals surface area contributed by atoms with E-state index in [2.05, 4.69) is 239 Å². The summed E-state index contributed by atoms with van der Waals surface area (Å²) >= 11 is 0. The average molecular weight is 868 g/mol. The second-order valence-electron chi connectivity index (χ2n) is 22.0. The molecule has 4 heterocycles. The van der Waals surface area contributed by atoms with Crippen LogP contribution in [0.15, 0.2) is 176 Å². The monoisotopic (exact) mass is 867 g/mol. The van der Waals surface area contributed by atoms with Gasteiger partial charge in [-0.15, -0.1) is 0 Å². The van der Waals surface area contributed by atoms with Crippen LogP contribution in [0.2, 0.25) is 0 Å². The normalized spacial score (nSPS) is 19.4. The zero-order valence-corrected chi connectivity index (χ0v) is 40.0. The van der Waals surface area contributed by atoms with Crippen molar-refractivity contribution in [3.05, 3.63) is 198 Å². The summed E-state index contributed by atoms with van der Waals surface area (Å²) in [4.78, 5) is 5.48. The molecule has 3 nitrogen and oxygen atoms in total. The molecule has 8 aromatic carbocycles. The SMILES string of the molecule is CC(C)(C)c1ccc(N2c3cc(C(C)(C)c4ccccc4)ccc3B3c4c2cc(N2c5ccccc5C5(C)CCCCC25C)cc4-n2c4ccccc4c4cccc3c42)c(-c2ccccc2)c1. The van der Waals surface area contributed by atoms with Crippen LogP contribution in [0.25, 0.3) is 38.6 Å². The Labute approximate surface area is 396 Å². The molecule has 13 rings (SSSR count). The summed E-state index contributed by atoms with van der Waals surface area (Å²) in [7, 11) is 0. The van der Waals surface area contributed by atoms with Crippen molar-refractivity contribution in [2.45, 2.75) is 95.9 Å². The molecule has 0 N–H and O–H groups in total. The predicted molar refractivity (Wildman–Crippen MR) is 286 cm³/mol. The average Bonchev–Trinajstić information content (AvgIpc) is 3.79. The maximum atomic E-state index is 2.79. The van der Waals surface area contributed by atoms with Crippen molar-refractivity contribution >= 4 is 73.3 Å². The molecule has 1 saturated carbocycles. The molecule has 328 valence electrons. The van der Waals surface area contributed by atoms with Gasteiger partial charge in [-0.1, -0.05) is 188 Å². The van der Waals surface area contributed by atoms with Gasteiger partial charge in [0.1, 0.15) is 0 Å². The van der Waals surface area contributed by atoms with Crippen LogP contribution in [0.3, 0.4) is 0 Å². The van der Waals surface area contributed by atoms with E-state index in [4.69, 9.17) is 0 Å². The van der Waals surface area contributed by atoms with Crippen LogP contribution < -0.4 is 26.2 Å². The van der Waals surface area contributed by atoms with E-state index in [1.54, 1.807) is 0 Å². The van der Waals surface area contributed by atoms with Crippen molar-refractivity contribution in [1.29, 1.82) is 0 Å². The molecule has 0 saturated heterocycles. The van der Waals surface area contributed by atoms with Crippen molar-refractivity contribution in [3.8, 4) is 16.8 Å². The quantitative estimate of drug-likeness (QED) is 0.160. The first-order valence-corrected chi connectivity index (χ1v) is 24.7. The molecule has 0 radical (unpaired) electrons. The molecule has 4 heteroatoms. The maximum Gasteiger partial charge on any atom is 0.252 e. The summed E-state index contributed by atoms with van der Waals surface area (Å²) in [5, 5.41) is 2.62. The summed E-state index contributed by atoms with van der Waals surface area (Å²) in [6, 6.07) is 67.7. The topological polar surface area (TPSA) is 11.4 Å². The van der Waals surface area contributed by atoms with Crippen molar-refractivity contribution in [2.75, 3.05) is 9.80 Å². The fourth-order valence-electron chi connectivity index (χ4n) is 13.3. The number of anilines is 5. The third-order valence-corrected chi connectivity index (χ3v) is 17.2.